The van der Waals surface area contributed by atoms with Gasteiger partial charge in [-0.15, -0.1) is 0 Å². The quantitative estimate of drug-likeness (QED) is 0.693. The lowest BCUT2D eigenvalue weighted by Gasteiger charge is -2.27. The van der Waals surface area contributed by atoms with Crippen molar-refractivity contribution in [3.05, 3.63) is 29.3 Å². The number of amides is 2. The number of carbonyl (C=O) groups excluding carboxylic acids is 3. The highest BCUT2D eigenvalue weighted by atomic mass is 16.6. The van der Waals surface area contributed by atoms with Crippen molar-refractivity contribution in [1.82, 2.24) is 10.6 Å². The van der Waals surface area contributed by atoms with Gasteiger partial charge in [-0.25, -0.2) is 4.79 Å². The van der Waals surface area contributed by atoms with Gasteiger partial charge in [-0.1, -0.05) is 53.7 Å². The Balaban J connectivity index is 2.67. The lowest BCUT2D eigenvalue weighted by Crippen LogP contribution is -2.37. The minimum absolute atomic E-state index is 0.000495. The third kappa shape index (κ3) is 7.58. The first kappa shape index (κ1) is 23.5. The van der Waals surface area contributed by atoms with E-state index in [1.807, 2.05) is 12.1 Å². The first-order valence-corrected chi connectivity index (χ1v) is 9.25. The Labute approximate surface area is 167 Å². The molecule has 0 saturated heterocycles. The summed E-state index contributed by atoms with van der Waals surface area (Å²) < 4.78 is 10.6. The lowest BCUT2D eigenvalue weighted by molar-refractivity contribution is -0.150. The number of hydrogen-bond donors (Lipinski definition) is 2. The van der Waals surface area contributed by atoms with Crippen LogP contribution in [0.5, 0.6) is 5.75 Å². The Bertz CT molecular complexity index is 714. The average Bonchev–Trinajstić information content (AvgIpc) is 2.60. The molecule has 7 nitrogen and oxygen atoms in total. The summed E-state index contributed by atoms with van der Waals surface area (Å²) in [5.74, 6) is -0.936. The van der Waals surface area contributed by atoms with Crippen molar-refractivity contribution < 1.29 is 23.9 Å². The van der Waals surface area contributed by atoms with Crippen LogP contribution in [0.1, 0.15) is 52.7 Å². The van der Waals surface area contributed by atoms with Gasteiger partial charge in [-0.05, 0) is 28.0 Å². The van der Waals surface area contributed by atoms with E-state index in [4.69, 9.17) is 9.47 Å². The van der Waals surface area contributed by atoms with Crippen LogP contribution in [0.2, 0.25) is 0 Å². The van der Waals surface area contributed by atoms with Crippen molar-refractivity contribution in [3.63, 3.8) is 0 Å². The molecule has 2 amide bonds. The summed E-state index contributed by atoms with van der Waals surface area (Å²) in [5, 5.41) is 4.72. The third-order valence-electron chi connectivity index (χ3n) is 4.09. The summed E-state index contributed by atoms with van der Waals surface area (Å²) in [6.45, 7) is 11.7. The number of likely N-dealkylation sites (N-methyl/N-ethyl adjacent to an activating group) is 1. The summed E-state index contributed by atoms with van der Waals surface area (Å²) in [6, 6.07) is 5.96. The van der Waals surface area contributed by atoms with Crippen LogP contribution in [0.4, 0.5) is 0 Å². The van der Waals surface area contributed by atoms with Gasteiger partial charge < -0.3 is 20.1 Å². The summed E-state index contributed by atoms with van der Waals surface area (Å²) in [6.07, 6.45) is 0. The molecule has 0 spiro atoms. The number of ether oxygens (including phenoxy) is 2. The molecular weight excluding hydrogens is 360 g/mol. The van der Waals surface area contributed by atoms with Crippen LogP contribution in [-0.4, -0.2) is 44.6 Å². The molecule has 28 heavy (non-hydrogen) atoms. The molecule has 0 atom stereocenters. The van der Waals surface area contributed by atoms with E-state index in [1.54, 1.807) is 0 Å². The molecular formula is C21H32N2O5. The van der Waals surface area contributed by atoms with Crippen LogP contribution in [0.25, 0.3) is 0 Å². The molecule has 0 fully saturated rings. The van der Waals surface area contributed by atoms with Crippen molar-refractivity contribution in [2.45, 2.75) is 52.4 Å². The Morgan fingerprint density at radius 1 is 0.929 bits per heavy atom. The van der Waals surface area contributed by atoms with Gasteiger partial charge in [0, 0.05) is 7.05 Å². The maximum Gasteiger partial charge on any atom is 0.344 e. The molecule has 0 unspecified atom stereocenters. The van der Waals surface area contributed by atoms with Gasteiger partial charge in [0.05, 0.1) is 6.54 Å². The van der Waals surface area contributed by atoms with E-state index < -0.39 is 18.5 Å². The van der Waals surface area contributed by atoms with Crippen LogP contribution in [-0.2, 0) is 30.0 Å². The van der Waals surface area contributed by atoms with E-state index in [0.29, 0.717) is 5.75 Å². The van der Waals surface area contributed by atoms with E-state index in [1.165, 1.54) is 12.6 Å². The minimum Gasteiger partial charge on any atom is -0.482 e. The first-order chi connectivity index (χ1) is 12.8. The van der Waals surface area contributed by atoms with Gasteiger partial charge in [0.1, 0.15) is 5.75 Å². The standard InChI is InChI=1S/C21H32N2O5/c1-20(2,3)14-8-9-16(15(10-14)21(4,5)6)27-13-19(26)28-12-18(25)23-11-17(24)22-7/h8-10H,11-13H2,1-7H3,(H,22,24)(H,23,25). The Morgan fingerprint density at radius 3 is 2.11 bits per heavy atom. The second-order valence-electron chi connectivity index (χ2n) is 8.61. The summed E-state index contributed by atoms with van der Waals surface area (Å²) >= 11 is 0. The molecule has 7 heteroatoms. The van der Waals surface area contributed by atoms with Gasteiger partial charge in [0.15, 0.2) is 13.2 Å². The molecule has 2 N–H and O–H groups in total. The molecule has 0 aromatic heterocycles. The number of nitrogens with one attached hydrogen (secondary N) is 2. The number of carbonyl (C=O) groups is 3. The van der Waals surface area contributed by atoms with Crippen molar-refractivity contribution >= 4 is 17.8 Å². The fourth-order valence-corrected chi connectivity index (χ4v) is 2.35. The van der Waals surface area contributed by atoms with E-state index in [2.05, 4.69) is 58.2 Å². The highest BCUT2D eigenvalue weighted by Crippen LogP contribution is 2.35. The maximum absolute atomic E-state index is 11.9. The molecule has 0 radical (unpaired) electrons. The molecule has 156 valence electrons. The normalized spacial score (nSPS) is 11.5. The van der Waals surface area contributed by atoms with E-state index in [-0.39, 0.29) is 29.9 Å². The largest absolute Gasteiger partial charge is 0.482 e. The second-order valence-corrected chi connectivity index (χ2v) is 8.61. The Hall–Kier alpha value is -2.57. The highest BCUT2D eigenvalue weighted by Gasteiger charge is 2.23. The van der Waals surface area contributed by atoms with E-state index in [0.717, 1.165) is 5.56 Å². The number of rotatable bonds is 7. The summed E-state index contributed by atoms with van der Waals surface area (Å²) in [5.41, 5.74) is 2.01. The van der Waals surface area contributed by atoms with Gasteiger partial charge in [0.25, 0.3) is 5.91 Å². The first-order valence-electron chi connectivity index (χ1n) is 9.25. The molecule has 1 aromatic rings. The van der Waals surface area contributed by atoms with Crippen molar-refractivity contribution in [2.75, 3.05) is 26.8 Å². The zero-order valence-electron chi connectivity index (χ0n) is 17.9. The molecule has 0 heterocycles. The molecule has 1 rings (SSSR count). The predicted octanol–water partition coefficient (Wildman–Crippen LogP) is 2.07. The van der Waals surface area contributed by atoms with Crippen LogP contribution < -0.4 is 15.4 Å². The van der Waals surface area contributed by atoms with Crippen LogP contribution in [0.15, 0.2) is 18.2 Å². The number of benzene rings is 1. The molecule has 0 aliphatic rings. The zero-order chi connectivity index (χ0) is 21.5. The number of hydrogen-bond acceptors (Lipinski definition) is 5. The lowest BCUT2D eigenvalue weighted by atomic mass is 9.80. The van der Waals surface area contributed by atoms with Gasteiger partial charge in [0.2, 0.25) is 5.91 Å². The molecule has 0 aliphatic carbocycles. The highest BCUT2D eigenvalue weighted by molar-refractivity contribution is 5.86. The second kappa shape index (κ2) is 9.57. The topological polar surface area (TPSA) is 93.7 Å². The van der Waals surface area contributed by atoms with Gasteiger partial charge in [-0.2, -0.15) is 0 Å². The average molecular weight is 392 g/mol. The fourth-order valence-electron chi connectivity index (χ4n) is 2.35. The molecule has 1 aromatic carbocycles. The fraction of sp³-hybridized carbons (Fsp3) is 0.571. The van der Waals surface area contributed by atoms with Gasteiger partial charge in [-0.3, -0.25) is 9.59 Å². The summed E-state index contributed by atoms with van der Waals surface area (Å²) in [4.78, 5) is 34.5. The third-order valence-corrected chi connectivity index (χ3v) is 4.09. The number of esters is 1. The molecule has 0 aliphatic heterocycles. The smallest absolute Gasteiger partial charge is 0.344 e. The van der Waals surface area contributed by atoms with Gasteiger partial charge >= 0.3 is 5.97 Å². The summed E-state index contributed by atoms with van der Waals surface area (Å²) in [7, 11) is 1.46. The predicted molar refractivity (Wildman–Crippen MR) is 107 cm³/mol. The van der Waals surface area contributed by atoms with Crippen LogP contribution in [0, 0.1) is 0 Å². The Morgan fingerprint density at radius 2 is 1.57 bits per heavy atom. The van der Waals surface area contributed by atoms with E-state index in [9.17, 15) is 14.4 Å². The molecule has 0 bridgehead atoms. The van der Waals surface area contributed by atoms with E-state index >= 15 is 0 Å². The van der Waals surface area contributed by atoms with Crippen LogP contribution in [0.3, 0.4) is 0 Å². The maximum atomic E-state index is 11.9. The zero-order valence-corrected chi connectivity index (χ0v) is 17.9. The van der Waals surface area contributed by atoms with Crippen LogP contribution >= 0.6 is 0 Å². The van der Waals surface area contributed by atoms with Crippen molar-refractivity contribution in [3.8, 4) is 5.75 Å². The monoisotopic (exact) mass is 392 g/mol. The van der Waals surface area contributed by atoms with Crippen molar-refractivity contribution in [1.29, 1.82) is 0 Å². The Kier molecular flexibility index (Phi) is 8.02. The molecule has 0 saturated carbocycles. The minimum atomic E-state index is -0.658. The SMILES string of the molecule is CNC(=O)CNC(=O)COC(=O)COc1ccc(C(C)(C)C)cc1C(C)(C)C. The van der Waals surface area contributed by atoms with Crippen molar-refractivity contribution in [2.24, 2.45) is 0 Å².